The zero-order valence-corrected chi connectivity index (χ0v) is 18.0. The molecule has 2 saturated carbocycles. The lowest BCUT2D eigenvalue weighted by atomic mass is 9.47. The average molecular weight is 411 g/mol. The second-order valence-corrected chi connectivity index (χ2v) is 9.08. The first-order chi connectivity index (χ1) is 13.2. The van der Waals surface area contributed by atoms with Gasteiger partial charge in [0, 0.05) is 16.0 Å². The van der Waals surface area contributed by atoms with Crippen molar-refractivity contribution in [2.24, 2.45) is 34.5 Å². The minimum Gasteiger partial charge on any atom is -0.298 e. The van der Waals surface area contributed by atoms with E-state index in [0.717, 1.165) is 41.1 Å². The lowest BCUT2D eigenvalue weighted by Gasteiger charge is -2.58. The third kappa shape index (κ3) is 4.22. The van der Waals surface area contributed by atoms with E-state index in [9.17, 15) is 4.79 Å². The molecule has 28 heavy (non-hydrogen) atoms. The predicted molar refractivity (Wildman–Crippen MR) is 103 cm³/mol. The predicted octanol–water partition coefficient (Wildman–Crippen LogP) is 4.80. The van der Waals surface area contributed by atoms with Gasteiger partial charge in [0.15, 0.2) is 0 Å². The molecule has 3 aliphatic carbocycles. The van der Waals surface area contributed by atoms with E-state index in [1.165, 1.54) is 38.5 Å². The SMILES string of the molecule is CC[C@@H]1CC[C@@H]2[C@H](CC[C@]3(C)C(Cl)=C(C=O)C[C@@H]23)[C@@]1(C)CC.O=C=O.O=C=O. The van der Waals surface area contributed by atoms with Gasteiger partial charge in [-0.2, -0.15) is 19.2 Å². The molecule has 6 heteroatoms. The average Bonchev–Trinajstić information content (AvgIpc) is 2.94. The van der Waals surface area contributed by atoms with Gasteiger partial charge in [-0.25, -0.2) is 0 Å². The van der Waals surface area contributed by atoms with E-state index in [0.29, 0.717) is 11.3 Å². The first kappa shape index (κ1) is 24.5. The molecule has 0 saturated heterocycles. The highest BCUT2D eigenvalue weighted by Crippen LogP contribution is 2.66. The summed E-state index contributed by atoms with van der Waals surface area (Å²) in [7, 11) is 0. The van der Waals surface area contributed by atoms with Crippen molar-refractivity contribution in [3.8, 4) is 0 Å². The summed E-state index contributed by atoms with van der Waals surface area (Å²) in [5, 5.41) is 0.891. The highest BCUT2D eigenvalue weighted by atomic mass is 35.5. The Labute approximate surface area is 172 Å². The summed E-state index contributed by atoms with van der Waals surface area (Å²) in [4.78, 5) is 43.9. The minimum absolute atomic E-state index is 0.0761. The molecule has 0 heterocycles. The summed E-state index contributed by atoms with van der Waals surface area (Å²) in [5.41, 5.74) is 1.45. The van der Waals surface area contributed by atoms with Gasteiger partial charge in [-0.1, -0.05) is 52.1 Å². The fraction of sp³-hybridized carbons (Fsp3) is 0.773. The lowest BCUT2D eigenvalue weighted by Crippen LogP contribution is -2.51. The summed E-state index contributed by atoms with van der Waals surface area (Å²) in [6.07, 6.45) is 10.2. The standard InChI is InChI=1S/C20H31ClO.2CO2/c1-5-14-7-8-15-16(19(14,3)6-2)9-10-20(4)17(15)11-13(12-22)18(20)21;2*2-1-3/h12,14-17H,5-11H2,1-4H3;;/t14-,15-,16+,17+,19+,20+;;/m1../s1. The van der Waals surface area contributed by atoms with Gasteiger partial charge in [0.1, 0.15) is 6.29 Å². The second-order valence-electron chi connectivity index (χ2n) is 8.70. The smallest absolute Gasteiger partial charge is 0.298 e. The second kappa shape index (κ2) is 10.3. The van der Waals surface area contributed by atoms with Crippen molar-refractivity contribution in [3.05, 3.63) is 10.6 Å². The van der Waals surface area contributed by atoms with Gasteiger partial charge < -0.3 is 0 Å². The van der Waals surface area contributed by atoms with Crippen molar-refractivity contribution in [2.45, 2.75) is 72.6 Å². The summed E-state index contributed by atoms with van der Waals surface area (Å²) in [6.45, 7) is 9.62. The third-order valence-corrected chi connectivity index (χ3v) is 8.75. The van der Waals surface area contributed by atoms with Gasteiger partial charge in [0.25, 0.3) is 0 Å². The fourth-order valence-corrected chi connectivity index (χ4v) is 6.87. The van der Waals surface area contributed by atoms with E-state index in [1.807, 2.05) is 0 Å². The summed E-state index contributed by atoms with van der Waals surface area (Å²) >= 11 is 6.63. The van der Waals surface area contributed by atoms with Gasteiger partial charge in [-0.15, -0.1) is 0 Å². The first-order valence-corrected chi connectivity index (χ1v) is 10.5. The maximum Gasteiger partial charge on any atom is 0.373 e. The molecule has 0 aliphatic heterocycles. The first-order valence-electron chi connectivity index (χ1n) is 10.1. The maximum atomic E-state index is 11.4. The molecule has 0 N–H and O–H groups in total. The van der Waals surface area contributed by atoms with E-state index in [1.54, 1.807) is 0 Å². The Morgan fingerprint density at radius 2 is 1.61 bits per heavy atom. The van der Waals surface area contributed by atoms with Gasteiger partial charge in [0.2, 0.25) is 0 Å². The van der Waals surface area contributed by atoms with Crippen LogP contribution in [0.25, 0.3) is 0 Å². The van der Waals surface area contributed by atoms with Crippen LogP contribution in [0.2, 0.25) is 0 Å². The molecule has 2 fully saturated rings. The Morgan fingerprint density at radius 3 is 2.07 bits per heavy atom. The monoisotopic (exact) mass is 410 g/mol. The number of hydrogen-bond donors (Lipinski definition) is 0. The Balaban J connectivity index is 0.000000582. The van der Waals surface area contributed by atoms with Crippen molar-refractivity contribution in [1.82, 2.24) is 0 Å². The molecule has 0 aromatic carbocycles. The lowest BCUT2D eigenvalue weighted by molar-refractivity contribution is -0.193. The molecule has 6 atom stereocenters. The number of aldehydes is 1. The van der Waals surface area contributed by atoms with Gasteiger partial charge in [-0.3, -0.25) is 4.79 Å². The van der Waals surface area contributed by atoms with Crippen LogP contribution < -0.4 is 0 Å². The van der Waals surface area contributed by atoms with Gasteiger partial charge in [-0.05, 0) is 61.2 Å². The molecule has 0 bridgehead atoms. The van der Waals surface area contributed by atoms with Gasteiger partial charge >= 0.3 is 12.3 Å². The minimum atomic E-state index is 0.0761. The van der Waals surface area contributed by atoms with Crippen molar-refractivity contribution in [3.63, 3.8) is 0 Å². The summed E-state index contributed by atoms with van der Waals surface area (Å²) in [5.74, 6) is 3.06. The molecule has 0 spiro atoms. The Bertz CT molecular complexity index is 648. The fourth-order valence-electron chi connectivity index (χ4n) is 6.52. The highest BCUT2D eigenvalue weighted by Gasteiger charge is 2.58. The summed E-state index contributed by atoms with van der Waals surface area (Å²) < 4.78 is 0. The number of hydrogen-bond acceptors (Lipinski definition) is 5. The molecule has 3 aliphatic rings. The van der Waals surface area contributed by atoms with Crippen molar-refractivity contribution in [2.75, 3.05) is 0 Å². The quantitative estimate of drug-likeness (QED) is 0.623. The molecule has 0 aromatic rings. The van der Waals surface area contributed by atoms with E-state index in [-0.39, 0.29) is 17.7 Å². The molecule has 0 aromatic heterocycles. The van der Waals surface area contributed by atoms with Crippen LogP contribution in [0.3, 0.4) is 0 Å². The van der Waals surface area contributed by atoms with Crippen LogP contribution in [0, 0.1) is 34.5 Å². The maximum absolute atomic E-state index is 11.4. The van der Waals surface area contributed by atoms with Crippen molar-refractivity contribution in [1.29, 1.82) is 0 Å². The number of halogens is 1. The highest BCUT2D eigenvalue weighted by molar-refractivity contribution is 6.32. The number of rotatable bonds is 3. The third-order valence-electron chi connectivity index (χ3n) is 8.07. The number of allylic oxidation sites excluding steroid dienone is 2. The normalized spacial score (nSPS) is 38.3. The molecular weight excluding hydrogens is 380 g/mol. The number of carbonyl (C=O) groups is 1. The van der Waals surface area contributed by atoms with E-state index in [4.69, 9.17) is 30.8 Å². The van der Waals surface area contributed by atoms with Crippen LogP contribution in [0.1, 0.15) is 72.6 Å². The van der Waals surface area contributed by atoms with E-state index in [2.05, 4.69) is 27.7 Å². The van der Waals surface area contributed by atoms with Crippen LogP contribution >= 0.6 is 11.6 Å². The van der Waals surface area contributed by atoms with Gasteiger partial charge in [0.05, 0.1) is 0 Å². The van der Waals surface area contributed by atoms with E-state index < -0.39 is 0 Å². The van der Waals surface area contributed by atoms with Crippen molar-refractivity contribution >= 4 is 30.2 Å². The Kier molecular flexibility index (Phi) is 9.01. The Morgan fingerprint density at radius 1 is 1.04 bits per heavy atom. The molecular formula is C22H31ClO5. The molecule has 0 radical (unpaired) electrons. The van der Waals surface area contributed by atoms with Crippen LogP contribution in [-0.4, -0.2) is 18.6 Å². The topological polar surface area (TPSA) is 85.3 Å². The summed E-state index contributed by atoms with van der Waals surface area (Å²) in [6, 6.07) is 0. The number of fused-ring (bicyclic) bond motifs is 3. The molecule has 156 valence electrons. The number of carbonyl (C=O) groups excluding carboxylic acids is 5. The molecule has 0 unspecified atom stereocenters. The Hall–Kier alpha value is -1.54. The largest absolute Gasteiger partial charge is 0.373 e. The molecule has 0 amide bonds. The van der Waals surface area contributed by atoms with Crippen molar-refractivity contribution < 1.29 is 24.0 Å². The zero-order valence-electron chi connectivity index (χ0n) is 17.3. The van der Waals surface area contributed by atoms with Crippen LogP contribution in [-0.2, 0) is 24.0 Å². The van der Waals surface area contributed by atoms with Crippen LogP contribution in [0.15, 0.2) is 10.6 Å². The molecule has 3 rings (SSSR count). The van der Waals surface area contributed by atoms with Crippen LogP contribution in [0.5, 0.6) is 0 Å². The molecule has 5 nitrogen and oxygen atoms in total. The van der Waals surface area contributed by atoms with E-state index >= 15 is 0 Å². The van der Waals surface area contributed by atoms with Crippen LogP contribution in [0.4, 0.5) is 0 Å². The zero-order chi connectivity index (χ0) is 21.5.